The first-order valence-electron chi connectivity index (χ1n) is 7.33. The highest BCUT2D eigenvalue weighted by Crippen LogP contribution is 2.28. The lowest BCUT2D eigenvalue weighted by Gasteiger charge is -2.10. The second-order valence-corrected chi connectivity index (χ2v) is 5.68. The second kappa shape index (κ2) is 6.81. The fourth-order valence-corrected chi connectivity index (χ4v) is 2.74. The molecule has 1 unspecified atom stereocenters. The molecule has 0 fully saturated rings. The molecule has 0 aromatic heterocycles. The Bertz CT molecular complexity index is 838. The maximum atomic E-state index is 10.8. The maximum absolute atomic E-state index is 10.8. The van der Waals surface area contributed by atoms with Crippen molar-refractivity contribution < 1.29 is 14.5 Å². The standard InChI is InChI=1S/C15H13ClN5O4/c16-9-15-10-18(11-1-5-13(6-2-11)20(22)23)17-19(15)12-3-7-14(8-4-12)21(24)25/h1-8,15H,9-10H2/q+1. The largest absolute Gasteiger partial charge is 0.269 e. The van der Waals surface area contributed by atoms with E-state index in [4.69, 9.17) is 11.6 Å². The molecule has 0 saturated carbocycles. The molecule has 25 heavy (non-hydrogen) atoms. The summed E-state index contributed by atoms with van der Waals surface area (Å²) in [4.78, 5) is 20.6. The molecule has 0 N–H and O–H groups in total. The fraction of sp³-hybridized carbons (Fsp3) is 0.200. The molecule has 1 aliphatic rings. The van der Waals surface area contributed by atoms with Gasteiger partial charge in [-0.25, -0.2) is 0 Å². The summed E-state index contributed by atoms with van der Waals surface area (Å²) in [6.45, 7) is 0.498. The lowest BCUT2D eigenvalue weighted by molar-refractivity contribution is -0.498. The van der Waals surface area contributed by atoms with E-state index in [-0.39, 0.29) is 17.4 Å². The van der Waals surface area contributed by atoms with Crippen LogP contribution < -0.4 is 5.01 Å². The highest BCUT2D eigenvalue weighted by atomic mass is 35.5. The third-order valence-electron chi connectivity index (χ3n) is 3.80. The van der Waals surface area contributed by atoms with E-state index in [2.05, 4.69) is 5.22 Å². The quantitative estimate of drug-likeness (QED) is 0.349. The van der Waals surface area contributed by atoms with Crippen molar-refractivity contribution in [3.8, 4) is 0 Å². The van der Waals surface area contributed by atoms with E-state index in [1.807, 2.05) is 0 Å². The Kier molecular flexibility index (Phi) is 4.57. The molecule has 1 heterocycles. The number of rotatable bonds is 5. The number of hydrogen-bond acceptors (Lipinski definition) is 6. The molecule has 0 saturated heterocycles. The van der Waals surface area contributed by atoms with Crippen molar-refractivity contribution >= 4 is 34.4 Å². The SMILES string of the molecule is O=[N+]([O-])c1ccc(N2N=[N+](c3ccc([N+](=O)[O-])cc3)CC2CCl)cc1. The van der Waals surface area contributed by atoms with Gasteiger partial charge < -0.3 is 0 Å². The molecule has 0 amide bonds. The minimum atomic E-state index is -0.465. The van der Waals surface area contributed by atoms with E-state index in [0.29, 0.717) is 23.8 Å². The molecular formula is C15H13ClN5O4+. The summed E-state index contributed by atoms with van der Waals surface area (Å²) in [5.74, 6) is 0.309. The molecule has 1 atom stereocenters. The number of benzene rings is 2. The van der Waals surface area contributed by atoms with Crippen LogP contribution in [0.1, 0.15) is 0 Å². The van der Waals surface area contributed by atoms with Crippen LogP contribution in [0, 0.1) is 20.2 Å². The fourth-order valence-electron chi connectivity index (χ4n) is 2.51. The van der Waals surface area contributed by atoms with Crippen molar-refractivity contribution in [3.63, 3.8) is 0 Å². The summed E-state index contributed by atoms with van der Waals surface area (Å²) < 4.78 is 1.69. The smallest absolute Gasteiger partial charge is 0.258 e. The predicted molar refractivity (Wildman–Crippen MR) is 90.4 cm³/mol. The van der Waals surface area contributed by atoms with Gasteiger partial charge in [0, 0.05) is 24.3 Å². The lowest BCUT2D eigenvalue weighted by atomic mass is 10.2. The van der Waals surface area contributed by atoms with Crippen LogP contribution >= 0.6 is 11.6 Å². The van der Waals surface area contributed by atoms with Crippen LogP contribution in [0.15, 0.2) is 53.8 Å². The zero-order valence-corrected chi connectivity index (χ0v) is 13.6. The van der Waals surface area contributed by atoms with Crippen LogP contribution in [0.25, 0.3) is 0 Å². The van der Waals surface area contributed by atoms with E-state index in [0.717, 1.165) is 0 Å². The number of nitrogens with zero attached hydrogens (tertiary/aromatic N) is 5. The van der Waals surface area contributed by atoms with Gasteiger partial charge >= 0.3 is 0 Å². The molecule has 2 aromatic rings. The molecule has 2 aromatic carbocycles. The van der Waals surface area contributed by atoms with Crippen LogP contribution in [0.5, 0.6) is 0 Å². The maximum Gasteiger partial charge on any atom is 0.269 e. The van der Waals surface area contributed by atoms with Gasteiger partial charge in [-0.3, -0.25) is 20.2 Å². The monoisotopic (exact) mass is 362 g/mol. The van der Waals surface area contributed by atoms with Gasteiger partial charge in [0.1, 0.15) is 5.69 Å². The summed E-state index contributed by atoms with van der Waals surface area (Å²) in [5, 5.41) is 27.7. The van der Waals surface area contributed by atoms with Gasteiger partial charge in [0.15, 0.2) is 18.3 Å². The molecule has 128 valence electrons. The topological polar surface area (TPSA) is 105 Å². The molecular weight excluding hydrogens is 350 g/mol. The van der Waals surface area contributed by atoms with Gasteiger partial charge in [-0.2, -0.15) is 0 Å². The second-order valence-electron chi connectivity index (χ2n) is 5.37. The number of anilines is 1. The Morgan fingerprint density at radius 3 is 2.04 bits per heavy atom. The first kappa shape index (κ1) is 16.8. The molecule has 0 spiro atoms. The van der Waals surface area contributed by atoms with Gasteiger partial charge in [-0.05, 0) is 24.3 Å². The van der Waals surface area contributed by atoms with Gasteiger partial charge in [0.2, 0.25) is 0 Å². The van der Waals surface area contributed by atoms with Crippen LogP contribution in [-0.4, -0.2) is 33.0 Å². The zero-order chi connectivity index (χ0) is 18.0. The minimum absolute atomic E-state index is 0.00223. The Morgan fingerprint density at radius 1 is 1.04 bits per heavy atom. The van der Waals surface area contributed by atoms with E-state index in [1.54, 1.807) is 34.0 Å². The number of alkyl halides is 1. The molecule has 0 aliphatic carbocycles. The number of nitro benzene ring substituents is 2. The molecule has 10 heteroatoms. The first-order valence-corrected chi connectivity index (χ1v) is 7.86. The van der Waals surface area contributed by atoms with Crippen LogP contribution in [0.2, 0.25) is 0 Å². The Hall–Kier alpha value is -3.07. The first-order chi connectivity index (χ1) is 12.0. The van der Waals surface area contributed by atoms with Crippen LogP contribution in [0.4, 0.5) is 22.7 Å². The zero-order valence-electron chi connectivity index (χ0n) is 12.9. The van der Waals surface area contributed by atoms with Gasteiger partial charge in [0.25, 0.3) is 11.4 Å². The average molecular weight is 363 g/mol. The highest BCUT2D eigenvalue weighted by Gasteiger charge is 2.36. The summed E-state index contributed by atoms with van der Waals surface area (Å²) in [5.41, 5.74) is 1.38. The number of halogens is 1. The summed E-state index contributed by atoms with van der Waals surface area (Å²) in [7, 11) is 0. The Labute approximate surface area is 147 Å². The highest BCUT2D eigenvalue weighted by molar-refractivity contribution is 6.18. The molecule has 3 rings (SSSR count). The van der Waals surface area contributed by atoms with Crippen molar-refractivity contribution in [1.82, 2.24) is 0 Å². The van der Waals surface area contributed by atoms with Gasteiger partial charge in [-0.1, -0.05) is 0 Å². The predicted octanol–water partition coefficient (Wildman–Crippen LogP) is 3.64. The minimum Gasteiger partial charge on any atom is -0.258 e. The summed E-state index contributed by atoms with van der Waals surface area (Å²) >= 11 is 6.03. The molecule has 0 radical (unpaired) electrons. The third-order valence-corrected chi connectivity index (χ3v) is 4.15. The van der Waals surface area contributed by atoms with E-state index >= 15 is 0 Å². The number of non-ortho nitro benzene ring substituents is 2. The Morgan fingerprint density at radius 2 is 1.56 bits per heavy atom. The van der Waals surface area contributed by atoms with Crippen molar-refractivity contribution in [3.05, 3.63) is 68.8 Å². The Balaban J connectivity index is 1.88. The van der Waals surface area contributed by atoms with Gasteiger partial charge in [0.05, 0.1) is 20.9 Å². The van der Waals surface area contributed by atoms with E-state index < -0.39 is 9.85 Å². The lowest BCUT2D eigenvalue weighted by Crippen LogP contribution is -2.30. The van der Waals surface area contributed by atoms with Crippen molar-refractivity contribution in [2.45, 2.75) is 6.04 Å². The normalized spacial score (nSPS) is 16.6. The molecule has 9 nitrogen and oxygen atoms in total. The summed E-state index contributed by atoms with van der Waals surface area (Å²) in [6.07, 6.45) is 0. The van der Waals surface area contributed by atoms with Crippen molar-refractivity contribution in [2.24, 2.45) is 5.22 Å². The summed E-state index contributed by atoms with van der Waals surface area (Å²) in [6, 6.07) is 12.0. The van der Waals surface area contributed by atoms with Crippen molar-refractivity contribution in [1.29, 1.82) is 0 Å². The average Bonchev–Trinajstić information content (AvgIpc) is 3.06. The van der Waals surface area contributed by atoms with Crippen molar-refractivity contribution in [2.75, 3.05) is 17.4 Å². The van der Waals surface area contributed by atoms with E-state index in [9.17, 15) is 20.2 Å². The number of nitro groups is 2. The third kappa shape index (κ3) is 3.41. The van der Waals surface area contributed by atoms with E-state index in [1.165, 1.54) is 24.3 Å². The molecule has 1 aliphatic heterocycles. The number of hydrogen-bond donors (Lipinski definition) is 0. The van der Waals surface area contributed by atoms with Crippen LogP contribution in [-0.2, 0) is 0 Å². The molecule has 0 bridgehead atoms. The van der Waals surface area contributed by atoms with Gasteiger partial charge in [-0.15, -0.1) is 21.3 Å². The van der Waals surface area contributed by atoms with Crippen LogP contribution in [0.3, 0.4) is 0 Å².